The molecule has 2 aromatic carbocycles. The van der Waals surface area contributed by atoms with Gasteiger partial charge in [-0.1, -0.05) is 6.07 Å². The number of hydrogen-bond acceptors (Lipinski definition) is 6. The van der Waals surface area contributed by atoms with Crippen molar-refractivity contribution in [3.63, 3.8) is 0 Å². The molecule has 0 aliphatic carbocycles. The first-order chi connectivity index (χ1) is 14.1. The average Bonchev–Trinajstić information content (AvgIpc) is 2.61. The number of ether oxygens (including phenoxy) is 2. The number of nitrogens with zero attached hydrogens (tertiary/aromatic N) is 3. The molecule has 1 aliphatic rings. The third kappa shape index (κ3) is 4.44. The summed E-state index contributed by atoms with van der Waals surface area (Å²) in [6.45, 7) is 4.85. The van der Waals surface area contributed by atoms with Crippen LogP contribution in [0.1, 0.15) is 23.7 Å². The number of halogens is 1. The van der Waals surface area contributed by atoms with Crippen LogP contribution in [-0.4, -0.2) is 45.5 Å². The van der Waals surface area contributed by atoms with E-state index in [0.717, 1.165) is 27.7 Å². The molecule has 1 aromatic heterocycles. The zero-order valence-electron chi connectivity index (χ0n) is 17.4. The van der Waals surface area contributed by atoms with Gasteiger partial charge in [0.2, 0.25) is 0 Å². The number of rotatable bonds is 5. The summed E-state index contributed by atoms with van der Waals surface area (Å²) >= 11 is 0. The Morgan fingerprint density at radius 1 is 1.23 bits per heavy atom. The third-order valence-electron chi connectivity index (χ3n) is 4.88. The van der Waals surface area contributed by atoms with E-state index in [1.165, 1.54) is 18.5 Å². The largest absolute Gasteiger partial charge is 0.482 e. The van der Waals surface area contributed by atoms with Gasteiger partial charge in [-0.25, -0.2) is 18.6 Å². The first kappa shape index (κ1) is 20.7. The van der Waals surface area contributed by atoms with Gasteiger partial charge in [-0.2, -0.15) is 4.36 Å². The highest BCUT2D eigenvalue weighted by molar-refractivity contribution is 7.92. The molecule has 3 aromatic rings. The molecule has 0 bridgehead atoms. The van der Waals surface area contributed by atoms with E-state index in [1.54, 1.807) is 18.6 Å². The van der Waals surface area contributed by atoms with Gasteiger partial charge in [0.1, 0.15) is 17.9 Å². The van der Waals surface area contributed by atoms with Crippen LogP contribution in [0.4, 0.5) is 10.1 Å². The second-order valence-corrected chi connectivity index (χ2v) is 10.8. The lowest BCUT2D eigenvalue weighted by Crippen LogP contribution is -2.51. The minimum atomic E-state index is -2.28. The van der Waals surface area contributed by atoms with E-state index in [2.05, 4.69) is 14.3 Å². The van der Waals surface area contributed by atoms with Crippen LogP contribution in [0.15, 0.2) is 41.0 Å². The maximum absolute atomic E-state index is 13.9. The van der Waals surface area contributed by atoms with Gasteiger partial charge in [0, 0.05) is 45.7 Å². The van der Waals surface area contributed by atoms with Gasteiger partial charge in [0.15, 0.2) is 5.60 Å². The van der Waals surface area contributed by atoms with Gasteiger partial charge >= 0.3 is 0 Å². The molecule has 4 rings (SSSR count). The van der Waals surface area contributed by atoms with Gasteiger partial charge in [0.25, 0.3) is 0 Å². The van der Waals surface area contributed by atoms with Gasteiger partial charge in [-0.15, -0.1) is 0 Å². The van der Waals surface area contributed by atoms with Crippen LogP contribution in [0.3, 0.4) is 0 Å². The Morgan fingerprint density at radius 3 is 2.67 bits per heavy atom. The van der Waals surface area contributed by atoms with Crippen molar-refractivity contribution < 1.29 is 18.1 Å². The number of fused-ring (bicyclic) bond motifs is 1. The number of aromatic nitrogens is 2. The van der Waals surface area contributed by atoms with Gasteiger partial charge in [-0.05, 0) is 37.6 Å². The van der Waals surface area contributed by atoms with Gasteiger partial charge in [0.05, 0.1) is 30.1 Å². The second-order valence-electron chi connectivity index (χ2n) is 8.22. The molecule has 158 valence electrons. The van der Waals surface area contributed by atoms with Crippen molar-refractivity contribution in [3.8, 4) is 5.75 Å². The first-order valence-electron chi connectivity index (χ1n) is 9.58. The minimum Gasteiger partial charge on any atom is -0.482 e. The van der Waals surface area contributed by atoms with Crippen molar-refractivity contribution >= 4 is 26.3 Å². The summed E-state index contributed by atoms with van der Waals surface area (Å²) in [5, 5.41) is 0.906. The maximum Gasteiger partial charge on any atom is 0.152 e. The smallest absolute Gasteiger partial charge is 0.152 e. The van der Waals surface area contributed by atoms with E-state index in [-0.39, 0.29) is 5.82 Å². The molecule has 1 fully saturated rings. The fraction of sp³-hybridized carbons (Fsp3) is 0.364. The van der Waals surface area contributed by atoms with Crippen molar-refractivity contribution in [1.29, 1.82) is 0 Å². The Bertz CT molecular complexity index is 1240. The van der Waals surface area contributed by atoms with Crippen molar-refractivity contribution in [3.05, 3.63) is 59.3 Å². The lowest BCUT2D eigenvalue weighted by Gasteiger charge is -2.38. The molecule has 2 heterocycles. The number of hydrogen-bond donors (Lipinski definition) is 0. The van der Waals surface area contributed by atoms with Crippen molar-refractivity contribution in [2.24, 2.45) is 4.36 Å². The summed E-state index contributed by atoms with van der Waals surface area (Å²) in [5.74, 6) is 0.142. The predicted octanol–water partition coefficient (Wildman–Crippen LogP) is 4.19. The topological polar surface area (TPSA) is 73.7 Å². The Labute approximate surface area is 175 Å². The SMILES string of the molecule is Cc1cc(N=S(C)(C)=O)cc2ncnc(Cc3ccc(F)cc3OC3(C)COC3)c12. The highest BCUT2D eigenvalue weighted by Crippen LogP contribution is 2.32. The van der Waals surface area contributed by atoms with Gasteiger partial charge < -0.3 is 9.47 Å². The summed E-state index contributed by atoms with van der Waals surface area (Å²) in [5.41, 5.74) is 3.49. The molecule has 0 unspecified atom stereocenters. The Morgan fingerprint density at radius 2 is 2.00 bits per heavy atom. The zero-order valence-corrected chi connectivity index (χ0v) is 18.3. The molecule has 6 nitrogen and oxygen atoms in total. The van der Waals surface area contributed by atoms with Crippen LogP contribution < -0.4 is 4.74 Å². The molecular weight excluding hydrogens is 405 g/mol. The van der Waals surface area contributed by atoms with E-state index in [9.17, 15) is 8.60 Å². The lowest BCUT2D eigenvalue weighted by molar-refractivity contribution is -0.150. The molecule has 0 spiro atoms. The average molecular weight is 430 g/mol. The molecule has 1 saturated heterocycles. The molecule has 8 heteroatoms. The summed E-state index contributed by atoms with van der Waals surface area (Å²) in [6.07, 6.45) is 5.16. The third-order valence-corrected chi connectivity index (χ3v) is 5.53. The quantitative estimate of drug-likeness (QED) is 0.608. The van der Waals surface area contributed by atoms with Crippen LogP contribution in [0, 0.1) is 12.7 Å². The molecule has 0 N–H and O–H groups in total. The molecule has 0 amide bonds. The van der Waals surface area contributed by atoms with E-state index >= 15 is 0 Å². The van der Waals surface area contributed by atoms with E-state index in [4.69, 9.17) is 9.47 Å². The fourth-order valence-electron chi connectivity index (χ4n) is 3.56. The number of aryl methyl sites for hydroxylation is 1. The Hall–Kier alpha value is -2.58. The van der Waals surface area contributed by atoms with E-state index < -0.39 is 15.3 Å². The van der Waals surface area contributed by atoms with Crippen molar-refractivity contribution in [2.75, 3.05) is 25.7 Å². The Balaban J connectivity index is 1.75. The summed E-state index contributed by atoms with van der Waals surface area (Å²) < 4.78 is 41.6. The first-order valence-corrected chi connectivity index (χ1v) is 11.9. The van der Waals surface area contributed by atoms with E-state index in [0.29, 0.717) is 31.1 Å². The predicted molar refractivity (Wildman–Crippen MR) is 115 cm³/mol. The van der Waals surface area contributed by atoms with Gasteiger partial charge in [-0.3, -0.25) is 0 Å². The standard InChI is InChI=1S/C22H24FN3O3S/c1-14-7-17(26-30(3,4)27)10-19-21(14)18(24-13-25-19)8-15-5-6-16(23)9-20(15)29-22(2)11-28-12-22/h5-7,9-10,13H,8,11-12H2,1-4H3. The molecule has 0 radical (unpaired) electrons. The maximum atomic E-state index is 13.9. The van der Waals surface area contributed by atoms with Crippen LogP contribution in [0.5, 0.6) is 5.75 Å². The minimum absolute atomic E-state index is 0.352. The Kier molecular flexibility index (Phi) is 5.23. The lowest BCUT2D eigenvalue weighted by atomic mass is 10.0. The van der Waals surface area contributed by atoms with Crippen LogP contribution in [0.25, 0.3) is 10.9 Å². The van der Waals surface area contributed by atoms with Crippen molar-refractivity contribution in [2.45, 2.75) is 25.9 Å². The summed E-state index contributed by atoms with van der Waals surface area (Å²) in [7, 11) is -2.28. The summed E-state index contributed by atoms with van der Waals surface area (Å²) in [4.78, 5) is 8.87. The van der Waals surface area contributed by atoms with E-state index in [1.807, 2.05) is 26.0 Å². The second kappa shape index (κ2) is 7.59. The zero-order chi connectivity index (χ0) is 21.5. The van der Waals surface area contributed by atoms with Crippen LogP contribution >= 0.6 is 0 Å². The molecule has 1 aliphatic heterocycles. The highest BCUT2D eigenvalue weighted by atomic mass is 32.2. The van der Waals surface area contributed by atoms with Crippen LogP contribution in [-0.2, 0) is 20.9 Å². The molecular formula is C22H24FN3O3S. The highest BCUT2D eigenvalue weighted by Gasteiger charge is 2.36. The molecule has 30 heavy (non-hydrogen) atoms. The molecule has 0 atom stereocenters. The van der Waals surface area contributed by atoms with Crippen LogP contribution in [0.2, 0.25) is 0 Å². The monoisotopic (exact) mass is 429 g/mol. The van der Waals surface area contributed by atoms with Crippen molar-refractivity contribution in [1.82, 2.24) is 9.97 Å². The normalized spacial score (nSPS) is 15.6. The number of benzene rings is 2. The fourth-order valence-corrected chi connectivity index (χ4v) is 4.17. The molecule has 0 saturated carbocycles. The summed E-state index contributed by atoms with van der Waals surface area (Å²) in [6, 6.07) is 8.26.